The lowest BCUT2D eigenvalue weighted by Crippen LogP contribution is -1.96. The van der Waals surface area contributed by atoms with Crippen LogP contribution < -0.4 is 0 Å². The molecule has 2 aromatic rings. The van der Waals surface area contributed by atoms with Gasteiger partial charge in [-0.05, 0) is 25.0 Å². The maximum Gasteiger partial charge on any atom is 0.339 e. The zero-order valence-electron chi connectivity index (χ0n) is 9.05. The van der Waals surface area contributed by atoms with E-state index in [1.165, 1.54) is 6.07 Å². The lowest BCUT2D eigenvalue weighted by molar-refractivity contribution is 0.0696. The van der Waals surface area contributed by atoms with Gasteiger partial charge in [-0.25, -0.2) is 9.78 Å². The van der Waals surface area contributed by atoms with E-state index in [9.17, 15) is 4.79 Å². The molecule has 1 aromatic heterocycles. The number of aromatic nitrogens is 1. The van der Waals surface area contributed by atoms with E-state index in [4.69, 9.17) is 14.3 Å². The second kappa shape index (κ2) is 3.85. The van der Waals surface area contributed by atoms with Gasteiger partial charge in [0.15, 0.2) is 5.58 Å². The molecule has 0 bridgehead atoms. The number of hydrogen-bond donors (Lipinski definition) is 1. The molecule has 17 heavy (non-hydrogen) atoms. The molecule has 1 unspecified atom stereocenters. The Morgan fingerprint density at radius 3 is 3.06 bits per heavy atom. The van der Waals surface area contributed by atoms with Crippen LogP contribution in [0.4, 0.5) is 0 Å². The maximum absolute atomic E-state index is 11.0. The lowest BCUT2D eigenvalue weighted by Gasteiger charge is -2.01. The van der Waals surface area contributed by atoms with E-state index in [1.54, 1.807) is 12.1 Å². The first-order chi connectivity index (χ1) is 8.25. The molecular formula is C12H11NO4. The molecule has 5 heteroatoms. The molecule has 1 N–H and O–H groups in total. The lowest BCUT2D eigenvalue weighted by atomic mass is 10.2. The van der Waals surface area contributed by atoms with Gasteiger partial charge in [0.25, 0.3) is 0 Å². The third kappa shape index (κ3) is 1.68. The van der Waals surface area contributed by atoms with Crippen LogP contribution in [0.5, 0.6) is 0 Å². The molecule has 88 valence electrons. The van der Waals surface area contributed by atoms with Crippen LogP contribution in [-0.4, -0.2) is 22.7 Å². The summed E-state index contributed by atoms with van der Waals surface area (Å²) < 4.78 is 11.0. The second-order valence-corrected chi connectivity index (χ2v) is 4.01. The number of benzene rings is 1. The Morgan fingerprint density at radius 2 is 2.35 bits per heavy atom. The number of fused-ring (bicyclic) bond motifs is 1. The predicted octanol–water partition coefficient (Wildman–Crippen LogP) is 2.38. The van der Waals surface area contributed by atoms with E-state index in [0.29, 0.717) is 23.6 Å². The Bertz CT molecular complexity index is 569. The smallest absolute Gasteiger partial charge is 0.339 e. The van der Waals surface area contributed by atoms with Gasteiger partial charge in [0.1, 0.15) is 17.2 Å². The number of ether oxygens (including phenoxy) is 1. The van der Waals surface area contributed by atoms with Crippen LogP contribution >= 0.6 is 0 Å². The van der Waals surface area contributed by atoms with Gasteiger partial charge in [0, 0.05) is 6.61 Å². The molecule has 1 saturated heterocycles. The molecule has 3 rings (SSSR count). The van der Waals surface area contributed by atoms with Crippen molar-refractivity contribution in [1.29, 1.82) is 0 Å². The van der Waals surface area contributed by atoms with Gasteiger partial charge in [-0.1, -0.05) is 6.07 Å². The van der Waals surface area contributed by atoms with Gasteiger partial charge < -0.3 is 14.3 Å². The molecular weight excluding hydrogens is 222 g/mol. The summed E-state index contributed by atoms with van der Waals surface area (Å²) in [5.41, 5.74) is 1.03. The zero-order chi connectivity index (χ0) is 11.8. The summed E-state index contributed by atoms with van der Waals surface area (Å²) >= 11 is 0. The molecule has 0 amide bonds. The second-order valence-electron chi connectivity index (χ2n) is 4.01. The van der Waals surface area contributed by atoms with Gasteiger partial charge in [-0.15, -0.1) is 0 Å². The minimum atomic E-state index is -1.01. The minimum Gasteiger partial charge on any atom is -0.478 e. The molecule has 1 aromatic carbocycles. The first kappa shape index (κ1) is 10.3. The third-order valence-electron chi connectivity index (χ3n) is 2.87. The average molecular weight is 233 g/mol. The summed E-state index contributed by atoms with van der Waals surface area (Å²) in [5.74, 6) is -0.531. The Balaban J connectivity index is 2.11. The fourth-order valence-corrected chi connectivity index (χ4v) is 2.04. The first-order valence-electron chi connectivity index (χ1n) is 5.50. The van der Waals surface area contributed by atoms with Gasteiger partial charge in [0.2, 0.25) is 5.89 Å². The Hall–Kier alpha value is -1.88. The van der Waals surface area contributed by atoms with Crippen molar-refractivity contribution >= 4 is 17.1 Å². The van der Waals surface area contributed by atoms with Gasteiger partial charge in [0.05, 0.1) is 0 Å². The van der Waals surface area contributed by atoms with Crippen LogP contribution in [0.25, 0.3) is 11.1 Å². The Morgan fingerprint density at radius 1 is 1.47 bits per heavy atom. The number of oxazole rings is 1. The SMILES string of the molecule is O=C(O)c1cccc2nc(C3CCCO3)oc12. The molecule has 1 aliphatic rings. The van der Waals surface area contributed by atoms with E-state index >= 15 is 0 Å². The number of carbonyl (C=O) groups is 1. The topological polar surface area (TPSA) is 72.6 Å². The summed E-state index contributed by atoms with van der Waals surface area (Å²) in [6.07, 6.45) is 1.72. The summed E-state index contributed by atoms with van der Waals surface area (Å²) in [5, 5.41) is 9.04. The number of nitrogens with zero attached hydrogens (tertiary/aromatic N) is 1. The Kier molecular flexibility index (Phi) is 2.33. The van der Waals surface area contributed by atoms with E-state index in [1.807, 2.05) is 0 Å². The van der Waals surface area contributed by atoms with Crippen molar-refractivity contribution in [2.75, 3.05) is 6.61 Å². The number of carboxylic acids is 1. The number of rotatable bonds is 2. The number of hydrogen-bond acceptors (Lipinski definition) is 4. The van der Waals surface area contributed by atoms with Crippen molar-refractivity contribution in [2.45, 2.75) is 18.9 Å². The molecule has 5 nitrogen and oxygen atoms in total. The number of aromatic carboxylic acids is 1. The van der Waals surface area contributed by atoms with Crippen LogP contribution in [0.2, 0.25) is 0 Å². The normalized spacial score (nSPS) is 19.9. The summed E-state index contributed by atoms with van der Waals surface area (Å²) in [7, 11) is 0. The highest BCUT2D eigenvalue weighted by Gasteiger charge is 2.24. The summed E-state index contributed by atoms with van der Waals surface area (Å²) in [4.78, 5) is 15.3. The predicted molar refractivity (Wildman–Crippen MR) is 58.9 cm³/mol. The summed E-state index contributed by atoms with van der Waals surface area (Å²) in [6.45, 7) is 0.704. The zero-order valence-corrected chi connectivity index (χ0v) is 9.05. The first-order valence-corrected chi connectivity index (χ1v) is 5.50. The maximum atomic E-state index is 11.0. The van der Waals surface area contributed by atoms with Gasteiger partial charge >= 0.3 is 5.97 Å². The quantitative estimate of drug-likeness (QED) is 0.862. The van der Waals surface area contributed by atoms with Crippen molar-refractivity contribution in [3.63, 3.8) is 0 Å². The van der Waals surface area contributed by atoms with E-state index in [0.717, 1.165) is 12.8 Å². The Labute approximate surface area is 97.0 Å². The number of carboxylic acid groups (broad SMARTS) is 1. The molecule has 1 aliphatic heterocycles. The molecule has 2 heterocycles. The van der Waals surface area contributed by atoms with E-state index in [-0.39, 0.29) is 11.7 Å². The number of para-hydroxylation sites is 1. The highest BCUT2D eigenvalue weighted by Crippen LogP contribution is 2.31. The molecule has 0 aliphatic carbocycles. The average Bonchev–Trinajstić information content (AvgIpc) is 2.96. The van der Waals surface area contributed by atoms with Crippen LogP contribution in [0.15, 0.2) is 22.6 Å². The monoisotopic (exact) mass is 233 g/mol. The fraction of sp³-hybridized carbons (Fsp3) is 0.333. The van der Waals surface area contributed by atoms with Crippen LogP contribution in [-0.2, 0) is 4.74 Å². The van der Waals surface area contributed by atoms with Crippen LogP contribution in [0.1, 0.15) is 35.2 Å². The highest BCUT2D eigenvalue weighted by molar-refractivity contribution is 5.99. The fourth-order valence-electron chi connectivity index (χ4n) is 2.04. The van der Waals surface area contributed by atoms with Gasteiger partial charge in [-0.3, -0.25) is 0 Å². The van der Waals surface area contributed by atoms with Crippen molar-refractivity contribution < 1.29 is 19.1 Å². The largest absolute Gasteiger partial charge is 0.478 e. The molecule has 0 saturated carbocycles. The summed E-state index contributed by atoms with van der Waals surface area (Å²) in [6, 6.07) is 4.91. The van der Waals surface area contributed by atoms with Crippen LogP contribution in [0.3, 0.4) is 0 Å². The molecule has 1 fully saturated rings. The van der Waals surface area contributed by atoms with Crippen LogP contribution in [0, 0.1) is 0 Å². The van der Waals surface area contributed by atoms with Gasteiger partial charge in [-0.2, -0.15) is 0 Å². The minimum absolute atomic E-state index is 0.135. The highest BCUT2D eigenvalue weighted by atomic mass is 16.5. The van der Waals surface area contributed by atoms with Crippen molar-refractivity contribution in [2.24, 2.45) is 0 Å². The van der Waals surface area contributed by atoms with E-state index in [2.05, 4.69) is 4.98 Å². The van der Waals surface area contributed by atoms with Crippen molar-refractivity contribution in [1.82, 2.24) is 4.98 Å². The molecule has 1 atom stereocenters. The van der Waals surface area contributed by atoms with Crippen molar-refractivity contribution in [3.8, 4) is 0 Å². The molecule has 0 spiro atoms. The van der Waals surface area contributed by atoms with Crippen molar-refractivity contribution in [3.05, 3.63) is 29.7 Å². The molecule has 0 radical (unpaired) electrons. The van der Waals surface area contributed by atoms with E-state index < -0.39 is 5.97 Å². The third-order valence-corrected chi connectivity index (χ3v) is 2.87. The standard InChI is InChI=1S/C12H11NO4/c14-12(15)7-3-1-4-8-10(7)17-11(13-8)9-5-2-6-16-9/h1,3-4,9H,2,5-6H2,(H,14,15).